The van der Waals surface area contributed by atoms with Crippen molar-refractivity contribution in [3.8, 4) is 0 Å². The average Bonchev–Trinajstić information content (AvgIpc) is 2.92. The molecule has 0 radical (unpaired) electrons. The topological polar surface area (TPSA) is 100.0 Å². The number of allylic oxidation sites excluding steroid dienone is 2. The molecular weight excluding hydrogens is 456 g/mol. The number of aliphatic hydroxyl groups excluding tert-OH is 1. The van der Waals surface area contributed by atoms with Gasteiger partial charge in [0.1, 0.15) is 0 Å². The Morgan fingerprint density at radius 2 is 2.06 bits per heavy atom. The number of piperidine rings is 3. The van der Waals surface area contributed by atoms with Crippen LogP contribution < -0.4 is 0 Å². The molecule has 2 N–H and O–H groups in total. The fourth-order valence-corrected chi connectivity index (χ4v) is 5.99. The smallest absolute Gasteiger partial charge is 0.310 e. The molecular formula is C29H36N2O5. The van der Waals surface area contributed by atoms with Crippen molar-refractivity contribution in [1.82, 2.24) is 9.88 Å². The number of aliphatic hydroxyl groups is 1. The molecule has 2 aromatic rings. The molecule has 3 aliphatic heterocycles. The largest absolute Gasteiger partial charge is 0.481 e. The number of methoxy groups -OCH3 is 1. The molecule has 1 aliphatic carbocycles. The summed E-state index contributed by atoms with van der Waals surface area (Å²) >= 11 is 0. The number of carboxylic acid groups (broad SMARTS) is 1. The third-order valence-electron chi connectivity index (χ3n) is 8.34. The van der Waals surface area contributed by atoms with Gasteiger partial charge in [0.25, 0.3) is 0 Å². The standard InChI is InChI=1S/C19H22N2O.C10H14O4/c1-2-13-12-21-10-8-14(13)11-18(21)19(22)16-7-9-20-17-6-4-3-5-15(16)17;1-10(9(12)13)6-4-3-5-7(10)8(11)14-2/h2-7,9,13-14,18-19,22H,1,8,10-12H2;3-4,7H,5-6H2,1-2H3,(H,12,13)/t;7-,10-/m.0/s1. The van der Waals surface area contributed by atoms with Gasteiger partial charge in [0.15, 0.2) is 0 Å². The Kier molecular flexibility index (Phi) is 7.91. The lowest BCUT2D eigenvalue weighted by Crippen LogP contribution is -2.54. The molecule has 36 heavy (non-hydrogen) atoms. The van der Waals surface area contributed by atoms with Crippen LogP contribution in [0.4, 0.5) is 0 Å². The highest BCUT2D eigenvalue weighted by Gasteiger charge is 2.46. The van der Waals surface area contributed by atoms with Crippen LogP contribution in [0.1, 0.15) is 44.3 Å². The number of hydrogen-bond acceptors (Lipinski definition) is 6. The summed E-state index contributed by atoms with van der Waals surface area (Å²) in [5.74, 6) is -0.701. The monoisotopic (exact) mass is 492 g/mol. The highest BCUT2D eigenvalue weighted by molar-refractivity contribution is 5.84. The minimum Gasteiger partial charge on any atom is -0.481 e. The molecule has 7 atom stereocenters. The third-order valence-corrected chi connectivity index (χ3v) is 8.34. The first kappa shape index (κ1) is 26.0. The van der Waals surface area contributed by atoms with Crippen LogP contribution in [0.15, 0.2) is 61.3 Å². The van der Waals surface area contributed by atoms with E-state index in [-0.39, 0.29) is 6.04 Å². The number of aromatic nitrogens is 1. The number of rotatable bonds is 5. The molecule has 4 heterocycles. The van der Waals surface area contributed by atoms with E-state index in [2.05, 4.69) is 33.3 Å². The molecule has 7 heteroatoms. The van der Waals surface area contributed by atoms with Gasteiger partial charge in [0.05, 0.1) is 30.1 Å². The summed E-state index contributed by atoms with van der Waals surface area (Å²) in [6.45, 7) is 7.70. The molecule has 3 saturated heterocycles. The first-order chi connectivity index (χ1) is 17.3. The van der Waals surface area contributed by atoms with Crippen LogP contribution in [0.25, 0.3) is 10.9 Å². The number of aliphatic carboxylic acids is 1. The minimum absolute atomic E-state index is 0.223. The Hall–Kier alpha value is -3.03. The van der Waals surface area contributed by atoms with Crippen LogP contribution >= 0.6 is 0 Å². The number of carbonyl (C=O) groups is 2. The lowest BCUT2D eigenvalue weighted by molar-refractivity contribution is -0.163. The molecule has 1 aromatic carbocycles. The molecule has 7 nitrogen and oxygen atoms in total. The Morgan fingerprint density at radius 3 is 2.72 bits per heavy atom. The van der Waals surface area contributed by atoms with Crippen LogP contribution in [0.3, 0.4) is 0 Å². The summed E-state index contributed by atoms with van der Waals surface area (Å²) in [5, 5.41) is 21.2. The zero-order chi connectivity index (χ0) is 25.9. The van der Waals surface area contributed by atoms with Crippen molar-refractivity contribution in [3.63, 3.8) is 0 Å². The SMILES string of the molecule is C=CC1CN2CCC1CC2C(O)c1ccnc2ccccc12.COC(=O)[C@@H]1CC=CC[C@]1(C)C(=O)O. The van der Waals surface area contributed by atoms with E-state index in [1.165, 1.54) is 13.5 Å². The summed E-state index contributed by atoms with van der Waals surface area (Å²) in [7, 11) is 1.28. The van der Waals surface area contributed by atoms with Gasteiger partial charge in [0, 0.05) is 24.2 Å². The van der Waals surface area contributed by atoms with Crippen molar-refractivity contribution < 1.29 is 24.5 Å². The van der Waals surface area contributed by atoms with E-state index < -0.39 is 29.4 Å². The van der Waals surface area contributed by atoms with Gasteiger partial charge in [0.2, 0.25) is 0 Å². The van der Waals surface area contributed by atoms with Crippen molar-refractivity contribution in [3.05, 3.63) is 66.9 Å². The summed E-state index contributed by atoms with van der Waals surface area (Å²) in [6.07, 6.45) is 10.2. The molecule has 6 rings (SSSR count). The average molecular weight is 493 g/mol. The molecule has 5 unspecified atom stereocenters. The number of benzene rings is 1. The van der Waals surface area contributed by atoms with Gasteiger partial charge in [-0.15, -0.1) is 6.58 Å². The second kappa shape index (κ2) is 10.9. The van der Waals surface area contributed by atoms with Crippen molar-refractivity contribution in [2.24, 2.45) is 23.2 Å². The molecule has 3 fully saturated rings. The maximum Gasteiger partial charge on any atom is 0.310 e. The summed E-state index contributed by atoms with van der Waals surface area (Å²) in [5.41, 5.74) is 0.944. The Labute approximate surface area is 212 Å². The molecule has 192 valence electrons. The van der Waals surface area contributed by atoms with E-state index in [9.17, 15) is 14.7 Å². The van der Waals surface area contributed by atoms with Gasteiger partial charge >= 0.3 is 11.9 Å². The van der Waals surface area contributed by atoms with Gasteiger partial charge in [-0.25, -0.2) is 0 Å². The Balaban J connectivity index is 0.000000189. The molecule has 1 aromatic heterocycles. The van der Waals surface area contributed by atoms with Gasteiger partial charge in [-0.1, -0.05) is 36.4 Å². The van der Waals surface area contributed by atoms with E-state index in [4.69, 9.17) is 5.11 Å². The second-order valence-corrected chi connectivity index (χ2v) is 10.3. The van der Waals surface area contributed by atoms with Crippen molar-refractivity contribution in [1.29, 1.82) is 0 Å². The van der Waals surface area contributed by atoms with Gasteiger partial charge < -0.3 is 14.9 Å². The van der Waals surface area contributed by atoms with Crippen molar-refractivity contribution in [2.45, 2.75) is 44.8 Å². The highest BCUT2D eigenvalue weighted by atomic mass is 16.5. The zero-order valence-electron chi connectivity index (χ0n) is 21.0. The van der Waals surface area contributed by atoms with Gasteiger partial charge in [-0.2, -0.15) is 0 Å². The van der Waals surface area contributed by atoms with E-state index in [1.54, 1.807) is 13.0 Å². The predicted molar refractivity (Wildman–Crippen MR) is 138 cm³/mol. The maximum absolute atomic E-state index is 11.4. The number of fused-ring (bicyclic) bond motifs is 4. The number of nitrogens with zero attached hydrogens (tertiary/aromatic N) is 2. The zero-order valence-corrected chi connectivity index (χ0v) is 21.0. The number of para-hydroxylation sites is 1. The van der Waals surface area contributed by atoms with Crippen molar-refractivity contribution >= 4 is 22.8 Å². The summed E-state index contributed by atoms with van der Waals surface area (Å²) < 4.78 is 4.60. The normalized spacial score (nSPS) is 31.7. The fourth-order valence-electron chi connectivity index (χ4n) is 5.99. The molecule has 0 saturated carbocycles. The lowest BCUT2D eigenvalue weighted by Gasteiger charge is -2.50. The van der Waals surface area contributed by atoms with E-state index in [0.29, 0.717) is 24.7 Å². The highest BCUT2D eigenvalue weighted by Crippen LogP contribution is 2.42. The first-order valence-corrected chi connectivity index (χ1v) is 12.6. The van der Waals surface area contributed by atoms with Crippen LogP contribution in [-0.4, -0.2) is 58.3 Å². The number of pyridine rings is 1. The van der Waals surface area contributed by atoms with Crippen LogP contribution in [-0.2, 0) is 14.3 Å². The van der Waals surface area contributed by atoms with E-state index >= 15 is 0 Å². The van der Waals surface area contributed by atoms with E-state index in [1.807, 2.05) is 36.5 Å². The summed E-state index contributed by atoms with van der Waals surface area (Å²) in [4.78, 5) is 29.3. The summed E-state index contributed by atoms with van der Waals surface area (Å²) in [6, 6.07) is 10.3. The Bertz CT molecular complexity index is 1140. The number of hydrogen-bond donors (Lipinski definition) is 2. The lowest BCUT2D eigenvalue weighted by atomic mass is 9.70. The number of carbonyl (C=O) groups excluding carboxylic acids is 1. The quantitative estimate of drug-likeness (QED) is 0.472. The minimum atomic E-state index is -1.03. The van der Waals surface area contributed by atoms with Crippen LogP contribution in [0, 0.1) is 23.2 Å². The van der Waals surface area contributed by atoms with Gasteiger partial charge in [-0.05, 0) is 68.7 Å². The fraction of sp³-hybridized carbons (Fsp3) is 0.483. The maximum atomic E-state index is 11.4. The number of carboxylic acids is 1. The molecule has 0 amide bonds. The van der Waals surface area contributed by atoms with Crippen LogP contribution in [0.2, 0.25) is 0 Å². The number of ether oxygens (including phenoxy) is 1. The predicted octanol–water partition coefficient (Wildman–Crippen LogP) is 4.38. The van der Waals surface area contributed by atoms with Crippen molar-refractivity contribution in [2.75, 3.05) is 20.2 Å². The van der Waals surface area contributed by atoms with Gasteiger partial charge in [-0.3, -0.25) is 19.5 Å². The molecule has 4 aliphatic rings. The van der Waals surface area contributed by atoms with Crippen LogP contribution in [0.5, 0.6) is 0 Å². The molecule has 2 bridgehead atoms. The third kappa shape index (κ3) is 4.95. The van der Waals surface area contributed by atoms with E-state index in [0.717, 1.165) is 36.0 Å². The Morgan fingerprint density at radius 1 is 1.28 bits per heavy atom. The second-order valence-electron chi connectivity index (χ2n) is 10.3. The first-order valence-electron chi connectivity index (χ1n) is 12.6. The number of esters is 1. The molecule has 0 spiro atoms.